The van der Waals surface area contributed by atoms with Crippen molar-refractivity contribution in [2.75, 3.05) is 5.88 Å². The Hall–Kier alpha value is 1.10. The van der Waals surface area contributed by atoms with E-state index in [9.17, 15) is 4.57 Å². The Bertz CT molecular complexity index is 109. The smallest absolute Gasteiger partial charge is 0.257 e. The molecule has 0 bridgehead atoms. The first-order valence-corrected chi connectivity index (χ1v) is 6.15. The molecule has 0 aromatic heterocycles. The van der Waals surface area contributed by atoms with Crippen LogP contribution >= 0.6 is 39.9 Å². The Morgan fingerprint density at radius 3 is 2.00 bits per heavy atom. The molecule has 0 radical (unpaired) electrons. The molecule has 0 aromatic rings. The predicted molar refractivity (Wildman–Crippen MR) is 39.5 cm³/mol. The highest BCUT2D eigenvalue weighted by atomic mass is 35.9. The van der Waals surface area contributed by atoms with E-state index < -0.39 is 5.85 Å². The van der Waals surface area contributed by atoms with Crippen molar-refractivity contribution in [3.63, 3.8) is 0 Å². The molecule has 0 amide bonds. The normalized spacial score (nSPS) is 16.0. The minimum Gasteiger partial charge on any atom is -0.289 e. The molecule has 1 nitrogen and oxygen atoms in total. The second kappa shape index (κ2) is 3.31. The summed E-state index contributed by atoms with van der Waals surface area (Å²) < 4.78 is 10.6. The molecule has 0 fully saturated rings. The lowest BCUT2D eigenvalue weighted by Crippen LogP contribution is -1.96. The van der Waals surface area contributed by atoms with Gasteiger partial charge in [-0.1, -0.05) is 6.92 Å². The van der Waals surface area contributed by atoms with E-state index in [1.54, 1.807) is 6.92 Å². The van der Waals surface area contributed by atoms with E-state index in [1.165, 1.54) is 0 Å². The molecule has 0 aliphatic rings. The Morgan fingerprint density at radius 2 is 2.00 bits per heavy atom. The van der Waals surface area contributed by atoms with Crippen molar-refractivity contribution in [2.45, 2.75) is 12.6 Å². The molecule has 1 atom stereocenters. The summed E-state index contributed by atoms with van der Waals surface area (Å²) in [5, 5.41) is 0. The van der Waals surface area contributed by atoms with Gasteiger partial charge in [0.25, 0.3) is 5.85 Å². The van der Waals surface area contributed by atoms with Crippen LogP contribution in [0.4, 0.5) is 0 Å². The average molecular weight is 195 g/mol. The Kier molecular flexibility index (Phi) is 3.77. The molecule has 0 aliphatic carbocycles. The van der Waals surface area contributed by atoms with Gasteiger partial charge in [0.1, 0.15) is 0 Å². The third-order valence-electron chi connectivity index (χ3n) is 0.736. The topological polar surface area (TPSA) is 17.1 Å². The first kappa shape index (κ1) is 9.10. The standard InChI is InChI=1S/C3H6Cl3OP/c1-3(2-4)8(5,6)7/h3H,2H2,1H3. The van der Waals surface area contributed by atoms with Gasteiger partial charge in [0, 0.05) is 5.88 Å². The molecule has 1 unspecified atom stereocenters. The summed E-state index contributed by atoms with van der Waals surface area (Å²) in [6.07, 6.45) is 0. The largest absolute Gasteiger partial charge is 0.289 e. The minimum absolute atomic E-state index is 0.240. The van der Waals surface area contributed by atoms with Gasteiger partial charge in [0.05, 0.1) is 5.66 Å². The molecule has 0 aliphatic heterocycles. The number of hydrogen-bond acceptors (Lipinski definition) is 1. The van der Waals surface area contributed by atoms with E-state index in [4.69, 9.17) is 34.1 Å². The van der Waals surface area contributed by atoms with Crippen molar-refractivity contribution >= 4 is 39.9 Å². The lowest BCUT2D eigenvalue weighted by molar-refractivity contribution is 0.588. The lowest BCUT2D eigenvalue weighted by atomic mass is 10.6. The fourth-order valence-electron chi connectivity index (χ4n) is 0.0803. The van der Waals surface area contributed by atoms with Crippen molar-refractivity contribution in [1.82, 2.24) is 0 Å². The van der Waals surface area contributed by atoms with Crippen LogP contribution in [0.5, 0.6) is 0 Å². The van der Waals surface area contributed by atoms with Crippen LogP contribution < -0.4 is 0 Å². The van der Waals surface area contributed by atoms with Crippen molar-refractivity contribution in [1.29, 1.82) is 0 Å². The summed E-state index contributed by atoms with van der Waals surface area (Å²) in [7, 11) is 0. The van der Waals surface area contributed by atoms with Gasteiger partial charge < -0.3 is 0 Å². The first-order chi connectivity index (χ1) is 3.48. The van der Waals surface area contributed by atoms with Crippen LogP contribution in [-0.2, 0) is 4.57 Å². The summed E-state index contributed by atoms with van der Waals surface area (Å²) in [5.74, 6) is -2.70. The Morgan fingerprint density at radius 1 is 1.62 bits per heavy atom. The highest BCUT2D eigenvalue weighted by Gasteiger charge is 2.22. The van der Waals surface area contributed by atoms with Crippen molar-refractivity contribution in [3.8, 4) is 0 Å². The van der Waals surface area contributed by atoms with Crippen LogP contribution in [-0.4, -0.2) is 11.5 Å². The molecule has 0 N–H and O–H groups in total. The summed E-state index contributed by atoms with van der Waals surface area (Å²) in [6, 6.07) is 0. The van der Waals surface area contributed by atoms with E-state index in [-0.39, 0.29) is 11.5 Å². The molecule has 50 valence electrons. The first-order valence-electron chi connectivity index (χ1n) is 2.03. The van der Waals surface area contributed by atoms with Gasteiger partial charge in [-0.2, -0.15) is 0 Å². The van der Waals surface area contributed by atoms with Crippen LogP contribution in [0.15, 0.2) is 0 Å². The van der Waals surface area contributed by atoms with Crippen molar-refractivity contribution in [3.05, 3.63) is 0 Å². The van der Waals surface area contributed by atoms with Crippen LogP contribution in [0.3, 0.4) is 0 Å². The Labute approximate surface area is 63.3 Å². The van der Waals surface area contributed by atoms with Gasteiger partial charge in [0.15, 0.2) is 0 Å². The molecule has 0 rings (SSSR count). The van der Waals surface area contributed by atoms with Crippen LogP contribution in [0.1, 0.15) is 6.92 Å². The van der Waals surface area contributed by atoms with Crippen LogP contribution in [0.2, 0.25) is 0 Å². The maximum Gasteiger partial charge on any atom is 0.257 e. The van der Waals surface area contributed by atoms with E-state index in [0.717, 1.165) is 0 Å². The molecule has 0 spiro atoms. The van der Waals surface area contributed by atoms with Gasteiger partial charge in [-0.25, -0.2) is 0 Å². The zero-order valence-corrected chi connectivity index (χ0v) is 7.44. The minimum atomic E-state index is -2.94. The third-order valence-corrected chi connectivity index (χ3v) is 4.62. The van der Waals surface area contributed by atoms with Gasteiger partial charge >= 0.3 is 0 Å². The molecule has 0 saturated heterocycles. The van der Waals surface area contributed by atoms with Gasteiger partial charge in [-0.3, -0.25) is 4.57 Å². The molecule has 8 heavy (non-hydrogen) atoms. The number of hydrogen-bond donors (Lipinski definition) is 0. The second-order valence-electron chi connectivity index (χ2n) is 1.51. The van der Waals surface area contributed by atoms with Crippen molar-refractivity contribution in [2.24, 2.45) is 0 Å². The van der Waals surface area contributed by atoms with Crippen LogP contribution in [0.25, 0.3) is 0 Å². The SMILES string of the molecule is CC(CCl)P(=O)(Cl)Cl. The van der Waals surface area contributed by atoms with E-state index in [2.05, 4.69) is 0 Å². The number of alkyl halides is 1. The molecule has 0 saturated carbocycles. The highest BCUT2D eigenvalue weighted by Crippen LogP contribution is 2.60. The summed E-state index contributed by atoms with van der Waals surface area (Å²) in [5.41, 5.74) is -0.299. The summed E-state index contributed by atoms with van der Waals surface area (Å²) in [6.45, 7) is 1.65. The molecular weight excluding hydrogens is 189 g/mol. The fraction of sp³-hybridized carbons (Fsp3) is 1.00. The Balaban J connectivity index is 3.82. The average Bonchev–Trinajstić information content (AvgIpc) is 1.62. The van der Waals surface area contributed by atoms with Gasteiger partial charge in [-0.05, 0) is 22.5 Å². The highest BCUT2D eigenvalue weighted by molar-refractivity contribution is 8.09. The summed E-state index contributed by atoms with van der Waals surface area (Å²) >= 11 is 15.7. The van der Waals surface area contributed by atoms with Crippen molar-refractivity contribution < 1.29 is 4.57 Å². The second-order valence-corrected chi connectivity index (χ2v) is 7.23. The molecule has 0 heterocycles. The summed E-state index contributed by atoms with van der Waals surface area (Å²) in [4.78, 5) is 0. The van der Waals surface area contributed by atoms with Gasteiger partial charge in [0.2, 0.25) is 0 Å². The quantitative estimate of drug-likeness (QED) is 0.488. The molecule has 5 heteroatoms. The third kappa shape index (κ3) is 3.19. The van der Waals surface area contributed by atoms with E-state index in [1.807, 2.05) is 0 Å². The maximum absolute atomic E-state index is 10.6. The lowest BCUT2D eigenvalue weighted by Gasteiger charge is -2.05. The molecular formula is C3H6Cl3OP. The van der Waals surface area contributed by atoms with E-state index >= 15 is 0 Å². The zero-order chi connectivity index (χ0) is 6.78. The number of halogens is 3. The predicted octanol–water partition coefficient (Wildman–Crippen LogP) is 3.28. The number of rotatable bonds is 2. The fourth-order valence-corrected chi connectivity index (χ4v) is 1.66. The van der Waals surface area contributed by atoms with Crippen LogP contribution in [0, 0.1) is 0 Å². The maximum atomic E-state index is 10.6. The monoisotopic (exact) mass is 194 g/mol. The van der Waals surface area contributed by atoms with E-state index in [0.29, 0.717) is 0 Å². The zero-order valence-electron chi connectivity index (χ0n) is 4.27. The van der Waals surface area contributed by atoms with Gasteiger partial charge in [-0.15, -0.1) is 11.6 Å². The molecule has 0 aromatic carbocycles.